The summed E-state index contributed by atoms with van der Waals surface area (Å²) in [7, 11) is 0. The SMILES string of the molecule is O=C(O)Cc1cccc(C=CC23CCC(OCc4c(-c5c(Cl)cncc5Cl)noc4C4CC4)(CC2)CC3)c1. The predicted octanol–water partition coefficient (Wildman–Crippen LogP) is 7.87. The number of ether oxygens (including phenoxy) is 1. The van der Waals surface area contributed by atoms with E-state index in [0.717, 1.165) is 73.8 Å². The Morgan fingerprint density at radius 2 is 1.82 bits per heavy atom. The first-order valence-electron chi connectivity index (χ1n) is 13.3. The average molecular weight is 553 g/mol. The smallest absolute Gasteiger partial charge is 0.307 e. The van der Waals surface area contributed by atoms with Gasteiger partial charge in [0.15, 0.2) is 0 Å². The van der Waals surface area contributed by atoms with E-state index in [0.29, 0.717) is 33.8 Å². The second kappa shape index (κ2) is 10.1. The fourth-order valence-electron chi connectivity index (χ4n) is 6.09. The predicted molar refractivity (Wildman–Crippen MR) is 146 cm³/mol. The first-order valence-corrected chi connectivity index (χ1v) is 14.0. The van der Waals surface area contributed by atoms with Gasteiger partial charge in [-0.1, -0.05) is 64.8 Å². The minimum atomic E-state index is -0.810. The number of aliphatic carboxylic acids is 1. The molecule has 4 fully saturated rings. The maximum absolute atomic E-state index is 11.1. The summed E-state index contributed by atoms with van der Waals surface area (Å²) >= 11 is 12.9. The lowest BCUT2D eigenvalue weighted by atomic mass is 9.58. The molecule has 6 nitrogen and oxygen atoms in total. The molecule has 0 spiro atoms. The maximum Gasteiger partial charge on any atom is 0.307 e. The molecule has 0 aliphatic heterocycles. The van der Waals surface area contributed by atoms with Gasteiger partial charge in [0.05, 0.1) is 28.7 Å². The number of carboxylic acids is 1. The van der Waals surface area contributed by atoms with Crippen LogP contribution in [-0.4, -0.2) is 26.8 Å². The summed E-state index contributed by atoms with van der Waals surface area (Å²) < 4.78 is 12.6. The van der Waals surface area contributed by atoms with Crippen molar-refractivity contribution in [3.05, 3.63) is 75.2 Å². The highest BCUT2D eigenvalue weighted by molar-refractivity contribution is 6.38. The number of carboxylic acid groups (broad SMARTS) is 1. The Balaban J connectivity index is 1.16. The molecule has 4 aliphatic rings. The van der Waals surface area contributed by atoms with Crippen LogP contribution in [0.25, 0.3) is 17.3 Å². The Morgan fingerprint density at radius 1 is 1.11 bits per heavy atom. The van der Waals surface area contributed by atoms with Gasteiger partial charge in [-0.2, -0.15) is 0 Å². The second-order valence-corrected chi connectivity index (χ2v) is 11.9. The van der Waals surface area contributed by atoms with Crippen molar-refractivity contribution in [3.8, 4) is 11.3 Å². The summed E-state index contributed by atoms with van der Waals surface area (Å²) in [5, 5.41) is 14.4. The Bertz CT molecular complexity index is 1350. The van der Waals surface area contributed by atoms with Crippen molar-refractivity contribution < 1.29 is 19.2 Å². The molecule has 4 saturated carbocycles. The molecule has 4 aliphatic carbocycles. The molecule has 0 saturated heterocycles. The fourth-order valence-corrected chi connectivity index (χ4v) is 6.63. The number of fused-ring (bicyclic) bond motifs is 3. The number of carbonyl (C=O) groups is 1. The van der Waals surface area contributed by atoms with Crippen molar-refractivity contribution in [2.75, 3.05) is 0 Å². The van der Waals surface area contributed by atoms with Crippen LogP contribution in [0.5, 0.6) is 0 Å². The van der Waals surface area contributed by atoms with Gasteiger partial charge in [0.1, 0.15) is 11.5 Å². The molecule has 3 aromatic rings. The van der Waals surface area contributed by atoms with Crippen molar-refractivity contribution in [2.45, 2.75) is 75.9 Å². The van der Waals surface area contributed by atoms with E-state index in [2.05, 4.69) is 22.3 Å². The Hall–Kier alpha value is -2.67. The lowest BCUT2D eigenvalue weighted by molar-refractivity contribution is -0.136. The van der Waals surface area contributed by atoms with Crippen LogP contribution in [0.3, 0.4) is 0 Å². The summed E-state index contributed by atoms with van der Waals surface area (Å²) in [6, 6.07) is 7.79. The van der Waals surface area contributed by atoms with E-state index in [1.165, 1.54) is 0 Å². The lowest BCUT2D eigenvalue weighted by Gasteiger charge is -2.52. The Morgan fingerprint density at radius 3 is 2.47 bits per heavy atom. The lowest BCUT2D eigenvalue weighted by Crippen LogP contribution is -2.46. The van der Waals surface area contributed by atoms with Crippen molar-refractivity contribution >= 4 is 35.2 Å². The minimum Gasteiger partial charge on any atom is -0.481 e. The number of hydrogen-bond acceptors (Lipinski definition) is 5. The van der Waals surface area contributed by atoms with Crippen LogP contribution in [0.1, 0.15) is 79.7 Å². The van der Waals surface area contributed by atoms with Crippen molar-refractivity contribution in [1.82, 2.24) is 10.1 Å². The van der Waals surface area contributed by atoms with E-state index in [4.69, 9.17) is 37.6 Å². The molecule has 2 bridgehead atoms. The van der Waals surface area contributed by atoms with E-state index in [1.54, 1.807) is 12.4 Å². The monoisotopic (exact) mass is 552 g/mol. The van der Waals surface area contributed by atoms with Gasteiger partial charge in [0.2, 0.25) is 0 Å². The molecule has 8 heteroatoms. The number of allylic oxidation sites excluding steroid dienone is 1. The van der Waals surface area contributed by atoms with Gasteiger partial charge in [-0.15, -0.1) is 0 Å². The number of nitrogens with zero attached hydrogens (tertiary/aromatic N) is 2. The van der Waals surface area contributed by atoms with Crippen LogP contribution < -0.4 is 0 Å². The van der Waals surface area contributed by atoms with Gasteiger partial charge in [0.25, 0.3) is 0 Å². The zero-order chi connectivity index (χ0) is 26.3. The van der Waals surface area contributed by atoms with Crippen LogP contribution in [0.2, 0.25) is 10.0 Å². The van der Waals surface area contributed by atoms with Crippen LogP contribution in [0.4, 0.5) is 0 Å². The molecule has 7 rings (SSSR count). The molecule has 0 atom stereocenters. The van der Waals surface area contributed by atoms with E-state index < -0.39 is 5.97 Å². The third-order valence-electron chi connectivity index (χ3n) is 8.55. The zero-order valence-electron chi connectivity index (χ0n) is 21.1. The molecule has 198 valence electrons. The van der Waals surface area contributed by atoms with Crippen molar-refractivity contribution in [3.63, 3.8) is 0 Å². The molecule has 2 aromatic heterocycles. The topological polar surface area (TPSA) is 85.5 Å². The van der Waals surface area contributed by atoms with Crippen molar-refractivity contribution in [1.29, 1.82) is 0 Å². The van der Waals surface area contributed by atoms with Gasteiger partial charge in [-0.05, 0) is 67.9 Å². The minimum absolute atomic E-state index is 0.0443. The van der Waals surface area contributed by atoms with E-state index in [9.17, 15) is 4.79 Å². The number of benzene rings is 1. The van der Waals surface area contributed by atoms with E-state index >= 15 is 0 Å². The maximum atomic E-state index is 11.1. The number of halogens is 2. The van der Waals surface area contributed by atoms with Crippen LogP contribution in [0, 0.1) is 5.41 Å². The second-order valence-electron chi connectivity index (χ2n) is 11.1. The molecule has 0 unspecified atom stereocenters. The van der Waals surface area contributed by atoms with E-state index in [1.807, 2.05) is 24.3 Å². The van der Waals surface area contributed by atoms with Gasteiger partial charge in [-0.25, -0.2) is 0 Å². The molecular formula is C30H30Cl2N2O4. The van der Waals surface area contributed by atoms with E-state index in [-0.39, 0.29) is 17.4 Å². The van der Waals surface area contributed by atoms with Gasteiger partial charge in [0, 0.05) is 29.4 Å². The highest BCUT2D eigenvalue weighted by atomic mass is 35.5. The molecule has 2 heterocycles. The standard InChI is InChI=1S/C30H30Cl2N2O4/c31-23-16-33-17-24(32)26(23)27-22(28(38-34-27)21-4-5-21)18-37-30-11-8-29(9-12-30,10-13-30)7-6-19-2-1-3-20(14-19)15-25(35)36/h1-3,6-7,14,16-17,21H,4-5,8-13,15,18H2,(H,35,36). The molecule has 1 N–H and O–H groups in total. The Labute approximate surface area is 232 Å². The third-order valence-corrected chi connectivity index (χ3v) is 9.12. The number of aromatic nitrogens is 2. The highest BCUT2D eigenvalue weighted by Crippen LogP contribution is 2.55. The van der Waals surface area contributed by atoms with Crippen LogP contribution in [-0.2, 0) is 22.6 Å². The summed E-state index contributed by atoms with van der Waals surface area (Å²) in [6.45, 7) is 0.429. The number of rotatable bonds is 9. The zero-order valence-corrected chi connectivity index (χ0v) is 22.6. The molecule has 0 amide bonds. The summed E-state index contributed by atoms with van der Waals surface area (Å²) in [6.07, 6.45) is 16.2. The van der Waals surface area contributed by atoms with Gasteiger partial charge < -0.3 is 14.4 Å². The molecule has 0 radical (unpaired) electrons. The quantitative estimate of drug-likeness (QED) is 0.290. The molecule has 38 heavy (non-hydrogen) atoms. The van der Waals surface area contributed by atoms with Crippen LogP contribution >= 0.6 is 23.2 Å². The Kier molecular flexibility index (Phi) is 6.83. The van der Waals surface area contributed by atoms with Gasteiger partial charge in [-0.3, -0.25) is 9.78 Å². The fraction of sp³-hybridized carbons (Fsp3) is 0.433. The summed E-state index contributed by atoms with van der Waals surface area (Å²) in [5.74, 6) is 0.473. The largest absolute Gasteiger partial charge is 0.481 e. The average Bonchev–Trinajstić information content (AvgIpc) is 3.67. The summed E-state index contributed by atoms with van der Waals surface area (Å²) in [5.41, 5.74) is 4.18. The van der Waals surface area contributed by atoms with Crippen LogP contribution in [0.15, 0.2) is 47.3 Å². The highest BCUT2D eigenvalue weighted by Gasteiger charge is 2.48. The summed E-state index contributed by atoms with van der Waals surface area (Å²) in [4.78, 5) is 15.1. The number of pyridine rings is 1. The molecular weight excluding hydrogens is 523 g/mol. The molecule has 1 aromatic carbocycles. The number of hydrogen-bond donors (Lipinski definition) is 1. The third kappa shape index (κ3) is 5.14. The van der Waals surface area contributed by atoms with Gasteiger partial charge >= 0.3 is 5.97 Å². The first kappa shape index (κ1) is 25.6. The van der Waals surface area contributed by atoms with Crippen molar-refractivity contribution in [2.24, 2.45) is 5.41 Å². The normalized spacial score (nSPS) is 24.8. The first-order chi connectivity index (χ1) is 18.4.